The highest BCUT2D eigenvalue weighted by atomic mass is 79.9. The van der Waals surface area contributed by atoms with Gasteiger partial charge >= 0.3 is 0 Å². The molecule has 0 atom stereocenters. The minimum Gasteiger partial charge on any atom is -0.286 e. The molecule has 8 heavy (non-hydrogen) atoms. The molecule has 0 aliphatic carbocycles. The summed E-state index contributed by atoms with van der Waals surface area (Å²) >= 11 is 2.65. The third-order valence-corrected chi connectivity index (χ3v) is 1.49. The van der Waals surface area contributed by atoms with Gasteiger partial charge in [-0.05, 0) is 0 Å². The molecule has 0 saturated heterocycles. The fourth-order valence-electron chi connectivity index (χ4n) is 0.150. The van der Waals surface area contributed by atoms with Crippen LogP contribution in [0.3, 0.4) is 0 Å². The lowest BCUT2D eigenvalue weighted by Crippen LogP contribution is -2.14. The second-order valence-corrected chi connectivity index (χ2v) is 3.20. The Morgan fingerprint density at radius 2 is 2.38 bits per heavy atom. The lowest BCUT2D eigenvalue weighted by atomic mass is 10.8. The number of hydrogen-bond donors (Lipinski definition) is 2. The Bertz CT molecular complexity index is 167. The van der Waals surface area contributed by atoms with Crippen molar-refractivity contribution < 1.29 is 14.4 Å². The fourth-order valence-corrected chi connectivity index (χ4v) is 0.884. The van der Waals surface area contributed by atoms with Gasteiger partial charge in [-0.1, -0.05) is 0 Å². The third-order valence-electron chi connectivity index (χ3n) is 0.434. The smallest absolute Gasteiger partial charge is 0.266 e. The van der Waals surface area contributed by atoms with Gasteiger partial charge in [0.2, 0.25) is 0 Å². The highest BCUT2D eigenvalue weighted by Crippen LogP contribution is 1.79. The van der Waals surface area contributed by atoms with Gasteiger partial charge in [0.05, 0.1) is 5.75 Å². The number of nitrogens with one attached hydrogen (secondary N) is 1. The molecule has 0 aromatic heterocycles. The zero-order chi connectivity index (χ0) is 7.49. The molecule has 50 valence electrons. The highest BCUT2D eigenvalue weighted by Gasteiger charge is 2.00. The summed E-state index contributed by atoms with van der Waals surface area (Å²) in [7, 11) is -3.91. The van der Waals surface area contributed by atoms with Gasteiger partial charge in [-0.15, -0.1) is 0 Å². The molecule has 0 aromatic rings. The first-order valence-electron chi connectivity index (χ1n) is 2.24. The standard InChI is InChI=1S/C2H6BrNO3S/c3-4-1-2-8(5,6)7/h4H,1-2H2,(H,5,6,7)/i/hD. The maximum atomic E-state index is 9.96. The SMILES string of the molecule is [2H]N(Br)CCS(=O)(=O)O. The van der Waals surface area contributed by atoms with Crippen molar-refractivity contribution in [1.29, 1.82) is 0 Å². The predicted octanol–water partition coefficient (Wildman–Crippen LogP) is -0.226. The van der Waals surface area contributed by atoms with E-state index < -0.39 is 15.9 Å². The summed E-state index contributed by atoms with van der Waals surface area (Å²) in [5.74, 6) is -0.429. The predicted molar refractivity (Wildman–Crippen MR) is 33.3 cm³/mol. The average Bonchev–Trinajstić information content (AvgIpc) is 1.59. The van der Waals surface area contributed by atoms with Crippen LogP contribution in [-0.2, 0) is 10.1 Å². The molecule has 0 spiro atoms. The topological polar surface area (TPSA) is 66.4 Å². The summed E-state index contributed by atoms with van der Waals surface area (Å²) < 4.78 is 35.4. The van der Waals surface area contributed by atoms with Gasteiger partial charge in [-0.25, -0.2) is 0 Å². The summed E-state index contributed by atoms with van der Waals surface area (Å²) in [6, 6.07) is 0. The average molecular weight is 205 g/mol. The molecule has 0 radical (unpaired) electrons. The van der Waals surface area contributed by atoms with Crippen LogP contribution in [-0.4, -0.2) is 25.3 Å². The summed E-state index contributed by atoms with van der Waals surface area (Å²) in [4.78, 5) is 0. The third kappa shape index (κ3) is 6.35. The molecule has 0 fully saturated rings. The van der Waals surface area contributed by atoms with E-state index >= 15 is 0 Å². The maximum absolute atomic E-state index is 9.96. The van der Waals surface area contributed by atoms with Crippen LogP contribution in [0.25, 0.3) is 0 Å². The van der Waals surface area contributed by atoms with Crippen molar-refractivity contribution in [3.63, 3.8) is 0 Å². The molecule has 0 rings (SSSR count). The molecule has 4 nitrogen and oxygen atoms in total. The number of rotatable bonds is 3. The van der Waals surface area contributed by atoms with Crippen molar-refractivity contribution in [2.75, 3.05) is 12.3 Å². The van der Waals surface area contributed by atoms with Crippen LogP contribution in [0.4, 0.5) is 0 Å². The van der Waals surface area contributed by atoms with Gasteiger partial charge in [0.1, 0.15) is 1.41 Å². The summed E-state index contributed by atoms with van der Waals surface area (Å²) in [5, 5.41) is 0. The molecular formula is C2H6BrNO3S. The van der Waals surface area contributed by atoms with E-state index in [0.29, 0.717) is 0 Å². The quantitative estimate of drug-likeness (QED) is 0.493. The monoisotopic (exact) mass is 204 g/mol. The Morgan fingerprint density at radius 3 is 2.50 bits per heavy atom. The zero-order valence-corrected chi connectivity index (χ0v) is 6.31. The van der Waals surface area contributed by atoms with Crippen LogP contribution in [0.1, 0.15) is 0 Å². The molecule has 6 heteroatoms. The number of hydrogen-bond acceptors (Lipinski definition) is 3. The van der Waals surface area contributed by atoms with Gasteiger partial charge in [0.15, 0.2) is 0 Å². The van der Waals surface area contributed by atoms with E-state index in [0.717, 1.165) is 4.34 Å². The first kappa shape index (κ1) is 6.47. The van der Waals surface area contributed by atoms with Crippen LogP contribution >= 0.6 is 16.1 Å². The second kappa shape index (κ2) is 3.39. The van der Waals surface area contributed by atoms with Crippen molar-refractivity contribution in [3.8, 4) is 0 Å². The van der Waals surface area contributed by atoms with Crippen molar-refractivity contribution >= 4 is 26.3 Å². The van der Waals surface area contributed by atoms with E-state index in [-0.39, 0.29) is 6.54 Å². The minimum atomic E-state index is -3.91. The molecule has 0 amide bonds. The van der Waals surface area contributed by atoms with E-state index in [1.165, 1.54) is 0 Å². The fraction of sp³-hybridized carbons (Fsp3) is 1.00. The molecular weight excluding hydrogens is 198 g/mol. The first-order chi connectivity index (χ1) is 3.92. The van der Waals surface area contributed by atoms with Gasteiger partial charge in [0.25, 0.3) is 10.1 Å². The van der Waals surface area contributed by atoms with E-state index in [9.17, 15) is 8.42 Å². The van der Waals surface area contributed by atoms with Crippen LogP contribution in [0.2, 0.25) is 1.41 Å². The Hall–Kier alpha value is 0.350. The maximum Gasteiger partial charge on any atom is 0.266 e. The van der Waals surface area contributed by atoms with Crippen LogP contribution in [0.15, 0.2) is 0 Å². The Balaban J connectivity index is 3.53. The number of halogens is 1. The van der Waals surface area contributed by atoms with Crippen LogP contribution < -0.4 is 4.34 Å². The normalized spacial score (nSPS) is 14.1. The Labute approximate surface area is 57.8 Å². The minimum absolute atomic E-state index is 0.0567. The van der Waals surface area contributed by atoms with E-state index in [1.54, 1.807) is 0 Å². The molecule has 2 N–H and O–H groups in total. The Kier molecular flexibility index (Phi) is 2.74. The molecule has 0 saturated carbocycles. The van der Waals surface area contributed by atoms with E-state index in [4.69, 9.17) is 5.96 Å². The van der Waals surface area contributed by atoms with Gasteiger partial charge < -0.3 is 0 Å². The van der Waals surface area contributed by atoms with Crippen molar-refractivity contribution in [2.45, 2.75) is 0 Å². The highest BCUT2D eigenvalue weighted by molar-refractivity contribution is 9.08. The first-order valence-corrected chi connectivity index (χ1v) is 4.11. The van der Waals surface area contributed by atoms with E-state index in [1.807, 2.05) is 0 Å². The van der Waals surface area contributed by atoms with Gasteiger partial charge in [0, 0.05) is 22.7 Å². The zero-order valence-electron chi connectivity index (χ0n) is 4.91. The van der Waals surface area contributed by atoms with E-state index in [2.05, 4.69) is 16.1 Å². The van der Waals surface area contributed by atoms with Crippen LogP contribution in [0, 0.1) is 0 Å². The molecule has 0 aromatic carbocycles. The molecule has 0 aliphatic heterocycles. The van der Waals surface area contributed by atoms with Crippen LogP contribution in [0.5, 0.6) is 0 Å². The molecule has 0 bridgehead atoms. The lowest BCUT2D eigenvalue weighted by Gasteiger charge is -1.90. The van der Waals surface area contributed by atoms with Crippen molar-refractivity contribution in [1.82, 2.24) is 4.34 Å². The van der Waals surface area contributed by atoms with Crippen molar-refractivity contribution in [2.24, 2.45) is 0 Å². The van der Waals surface area contributed by atoms with Gasteiger partial charge in [-0.3, -0.25) is 8.89 Å². The summed E-state index contributed by atoms with van der Waals surface area (Å²) in [6.07, 6.45) is 0. The van der Waals surface area contributed by atoms with Crippen molar-refractivity contribution in [3.05, 3.63) is 0 Å². The Morgan fingerprint density at radius 1 is 1.88 bits per heavy atom. The molecule has 0 unspecified atom stereocenters. The molecule has 0 aliphatic rings. The largest absolute Gasteiger partial charge is 0.286 e. The lowest BCUT2D eigenvalue weighted by molar-refractivity contribution is 0.483. The second-order valence-electron chi connectivity index (χ2n) is 1.13. The van der Waals surface area contributed by atoms with Gasteiger partial charge in [-0.2, -0.15) is 8.42 Å². The molecule has 0 heterocycles. The summed E-state index contributed by atoms with van der Waals surface area (Å²) in [5.41, 5.74) is 0. The summed E-state index contributed by atoms with van der Waals surface area (Å²) in [6.45, 7) is -0.0567.